The van der Waals surface area contributed by atoms with Gasteiger partial charge in [0.15, 0.2) is 0 Å². The van der Waals surface area contributed by atoms with Crippen LogP contribution in [0.5, 0.6) is 0 Å². The summed E-state index contributed by atoms with van der Waals surface area (Å²) in [6, 6.07) is 0. The van der Waals surface area contributed by atoms with Crippen LogP contribution in [0.2, 0.25) is 0 Å². The average molecular weight is 312 g/mol. The van der Waals surface area contributed by atoms with Crippen LogP contribution < -0.4 is 0 Å². The molecule has 0 aromatic heterocycles. The standard InChI is InChI=1S/C16H28N2O4/c1-4-13(5-2)10-18-11-16(22-15(18)21)6-8-17(9-7-16)14(20)12(3)19/h12-13,19H,4-11H2,1-3H3. The van der Waals surface area contributed by atoms with Crippen molar-refractivity contribution in [1.29, 1.82) is 0 Å². The molecule has 0 aliphatic carbocycles. The van der Waals surface area contributed by atoms with Gasteiger partial charge in [0.2, 0.25) is 0 Å². The van der Waals surface area contributed by atoms with Gasteiger partial charge in [0.1, 0.15) is 11.7 Å². The van der Waals surface area contributed by atoms with Crippen LogP contribution in [0.15, 0.2) is 0 Å². The van der Waals surface area contributed by atoms with Crippen LogP contribution >= 0.6 is 0 Å². The normalized spacial score (nSPS) is 22.3. The number of aliphatic hydroxyl groups excluding tert-OH is 1. The molecule has 0 aromatic carbocycles. The van der Waals surface area contributed by atoms with E-state index in [1.165, 1.54) is 6.92 Å². The summed E-state index contributed by atoms with van der Waals surface area (Å²) >= 11 is 0. The molecule has 0 saturated carbocycles. The number of hydrogen-bond donors (Lipinski definition) is 1. The van der Waals surface area contributed by atoms with E-state index >= 15 is 0 Å². The quantitative estimate of drug-likeness (QED) is 0.837. The third kappa shape index (κ3) is 3.54. The fourth-order valence-electron chi connectivity index (χ4n) is 3.35. The summed E-state index contributed by atoms with van der Waals surface area (Å²) in [5.41, 5.74) is -0.446. The Bertz CT molecular complexity index is 412. The second kappa shape index (κ2) is 6.86. The number of amides is 2. The van der Waals surface area contributed by atoms with Crippen LogP contribution in [0.4, 0.5) is 4.79 Å². The van der Waals surface area contributed by atoms with Gasteiger partial charge in [-0.05, 0) is 12.8 Å². The highest BCUT2D eigenvalue weighted by molar-refractivity contribution is 5.80. The van der Waals surface area contributed by atoms with Crippen LogP contribution in [-0.4, -0.2) is 64.8 Å². The molecule has 2 rings (SSSR count). The molecule has 2 aliphatic rings. The topological polar surface area (TPSA) is 70.1 Å². The summed E-state index contributed by atoms with van der Waals surface area (Å²) in [5.74, 6) is 0.271. The molecule has 0 aromatic rings. The van der Waals surface area contributed by atoms with E-state index in [-0.39, 0.29) is 12.0 Å². The molecule has 0 bridgehead atoms. The van der Waals surface area contributed by atoms with Crippen molar-refractivity contribution in [2.24, 2.45) is 5.92 Å². The molecule has 2 amide bonds. The first kappa shape index (κ1) is 17.1. The molecule has 126 valence electrons. The number of piperidine rings is 1. The summed E-state index contributed by atoms with van der Waals surface area (Å²) in [5, 5.41) is 9.38. The third-order valence-corrected chi connectivity index (χ3v) is 5.02. The monoisotopic (exact) mass is 312 g/mol. The van der Waals surface area contributed by atoms with Gasteiger partial charge in [-0.15, -0.1) is 0 Å². The molecule has 2 fully saturated rings. The molecule has 1 atom stereocenters. The molecule has 22 heavy (non-hydrogen) atoms. The minimum Gasteiger partial charge on any atom is -0.441 e. The molecule has 2 aliphatic heterocycles. The van der Waals surface area contributed by atoms with Crippen LogP contribution in [0.1, 0.15) is 46.5 Å². The van der Waals surface area contributed by atoms with Crippen molar-refractivity contribution in [3.8, 4) is 0 Å². The van der Waals surface area contributed by atoms with Gasteiger partial charge in [0.05, 0.1) is 6.54 Å². The van der Waals surface area contributed by atoms with Crippen LogP contribution in [0, 0.1) is 5.92 Å². The van der Waals surface area contributed by atoms with Crippen molar-refractivity contribution in [3.05, 3.63) is 0 Å². The summed E-state index contributed by atoms with van der Waals surface area (Å²) in [6.07, 6.45) is 2.23. The number of nitrogens with zero attached hydrogens (tertiary/aromatic N) is 2. The van der Waals surface area contributed by atoms with E-state index in [1.807, 2.05) is 4.90 Å². The Labute approximate surface area is 132 Å². The van der Waals surface area contributed by atoms with E-state index in [2.05, 4.69) is 13.8 Å². The SMILES string of the molecule is CCC(CC)CN1CC2(CCN(C(=O)C(C)O)CC2)OC1=O. The van der Waals surface area contributed by atoms with Gasteiger partial charge in [-0.3, -0.25) is 4.79 Å². The number of carbonyl (C=O) groups is 2. The Kier molecular flexibility index (Phi) is 5.32. The molecule has 0 radical (unpaired) electrons. The second-order valence-electron chi connectivity index (χ2n) is 6.62. The Morgan fingerprint density at radius 1 is 1.32 bits per heavy atom. The van der Waals surface area contributed by atoms with Gasteiger partial charge >= 0.3 is 6.09 Å². The Hall–Kier alpha value is -1.30. The molecule has 2 heterocycles. The number of ether oxygens (including phenoxy) is 1. The average Bonchev–Trinajstić information content (AvgIpc) is 2.80. The summed E-state index contributed by atoms with van der Waals surface area (Å²) in [7, 11) is 0. The first-order valence-corrected chi connectivity index (χ1v) is 8.35. The molecule has 6 nitrogen and oxygen atoms in total. The Morgan fingerprint density at radius 3 is 2.41 bits per heavy atom. The lowest BCUT2D eigenvalue weighted by molar-refractivity contribution is -0.142. The predicted molar refractivity (Wildman–Crippen MR) is 82.4 cm³/mol. The first-order valence-electron chi connectivity index (χ1n) is 8.35. The zero-order chi connectivity index (χ0) is 16.3. The van der Waals surface area contributed by atoms with Gasteiger partial charge in [-0.1, -0.05) is 26.7 Å². The van der Waals surface area contributed by atoms with E-state index in [1.54, 1.807) is 4.90 Å². The van der Waals surface area contributed by atoms with Gasteiger partial charge in [-0.2, -0.15) is 0 Å². The van der Waals surface area contributed by atoms with Gasteiger partial charge in [0.25, 0.3) is 5.91 Å². The lowest BCUT2D eigenvalue weighted by atomic mass is 9.90. The van der Waals surface area contributed by atoms with Crippen molar-refractivity contribution in [2.45, 2.75) is 58.2 Å². The summed E-state index contributed by atoms with van der Waals surface area (Å²) in [6.45, 7) is 8.23. The predicted octanol–water partition coefficient (Wildman–Crippen LogP) is 1.62. The smallest absolute Gasteiger partial charge is 0.410 e. The van der Waals surface area contributed by atoms with Crippen molar-refractivity contribution in [2.75, 3.05) is 26.2 Å². The Morgan fingerprint density at radius 2 is 1.91 bits per heavy atom. The number of hydrogen-bond acceptors (Lipinski definition) is 4. The highest BCUT2D eigenvalue weighted by atomic mass is 16.6. The minimum atomic E-state index is -0.966. The maximum Gasteiger partial charge on any atom is 0.410 e. The molecular weight excluding hydrogens is 284 g/mol. The van der Waals surface area contributed by atoms with E-state index in [0.717, 1.165) is 19.4 Å². The second-order valence-corrected chi connectivity index (χ2v) is 6.62. The zero-order valence-corrected chi connectivity index (χ0v) is 13.9. The highest BCUT2D eigenvalue weighted by Crippen LogP contribution is 2.34. The number of rotatable bonds is 5. The zero-order valence-electron chi connectivity index (χ0n) is 13.9. The van der Waals surface area contributed by atoms with Gasteiger partial charge in [0, 0.05) is 32.5 Å². The number of likely N-dealkylation sites (tertiary alicyclic amines) is 1. The Balaban J connectivity index is 1.92. The largest absolute Gasteiger partial charge is 0.441 e. The molecule has 1 unspecified atom stereocenters. The summed E-state index contributed by atoms with van der Waals surface area (Å²) < 4.78 is 5.67. The van der Waals surface area contributed by atoms with Crippen LogP contribution in [0.25, 0.3) is 0 Å². The molecule has 6 heteroatoms. The fourth-order valence-corrected chi connectivity index (χ4v) is 3.35. The van der Waals surface area contributed by atoms with Crippen LogP contribution in [-0.2, 0) is 9.53 Å². The van der Waals surface area contributed by atoms with Crippen molar-refractivity contribution in [1.82, 2.24) is 9.80 Å². The first-order chi connectivity index (χ1) is 10.4. The maximum atomic E-state index is 12.1. The van der Waals surface area contributed by atoms with Crippen molar-refractivity contribution in [3.63, 3.8) is 0 Å². The van der Waals surface area contributed by atoms with Crippen LogP contribution in [0.3, 0.4) is 0 Å². The van der Waals surface area contributed by atoms with E-state index < -0.39 is 11.7 Å². The van der Waals surface area contributed by atoms with Gasteiger partial charge < -0.3 is 19.6 Å². The van der Waals surface area contributed by atoms with Crippen molar-refractivity contribution >= 4 is 12.0 Å². The third-order valence-electron chi connectivity index (χ3n) is 5.02. The lowest BCUT2D eigenvalue weighted by Crippen LogP contribution is -2.50. The van der Waals surface area contributed by atoms with Gasteiger partial charge in [-0.25, -0.2) is 4.79 Å². The molecule has 1 N–H and O–H groups in total. The molecule has 1 spiro atoms. The van der Waals surface area contributed by atoms with E-state index in [0.29, 0.717) is 38.4 Å². The fraction of sp³-hybridized carbons (Fsp3) is 0.875. The van der Waals surface area contributed by atoms with E-state index in [9.17, 15) is 14.7 Å². The highest BCUT2D eigenvalue weighted by Gasteiger charge is 2.47. The van der Waals surface area contributed by atoms with Crippen molar-refractivity contribution < 1.29 is 19.4 Å². The molecule has 2 saturated heterocycles. The lowest BCUT2D eigenvalue weighted by Gasteiger charge is -2.37. The summed E-state index contributed by atoms with van der Waals surface area (Å²) in [4.78, 5) is 27.4. The minimum absolute atomic E-state index is 0.220. The number of carbonyl (C=O) groups excluding carboxylic acids is 2. The molecular formula is C16H28N2O4. The van der Waals surface area contributed by atoms with E-state index in [4.69, 9.17) is 4.74 Å². The number of aliphatic hydroxyl groups is 1. The maximum absolute atomic E-state index is 12.1.